The van der Waals surface area contributed by atoms with E-state index in [0.29, 0.717) is 13.2 Å². The minimum Gasteiger partial charge on any atom is -0.340 e. The summed E-state index contributed by atoms with van der Waals surface area (Å²) in [6, 6.07) is 0. The van der Waals surface area contributed by atoms with Crippen LogP contribution < -0.4 is 0 Å². The predicted molar refractivity (Wildman–Crippen MR) is 59.0 cm³/mol. The zero-order valence-electron chi connectivity index (χ0n) is 9.24. The van der Waals surface area contributed by atoms with Gasteiger partial charge in [0.1, 0.15) is 0 Å². The van der Waals surface area contributed by atoms with Gasteiger partial charge in [0.25, 0.3) is 0 Å². The molecule has 3 heteroatoms. The minimum atomic E-state index is -0.291. The van der Waals surface area contributed by atoms with Crippen molar-refractivity contribution >= 4 is 0 Å². The molecule has 0 aromatic rings. The molecule has 0 radical (unpaired) electrons. The summed E-state index contributed by atoms with van der Waals surface area (Å²) in [7, 11) is 0. The summed E-state index contributed by atoms with van der Waals surface area (Å²) in [5.74, 6) is 0. The van der Waals surface area contributed by atoms with Crippen molar-refractivity contribution in [3.05, 3.63) is 25.3 Å². The van der Waals surface area contributed by atoms with Crippen LogP contribution in [0.3, 0.4) is 0 Å². The molecule has 0 aliphatic carbocycles. The summed E-state index contributed by atoms with van der Waals surface area (Å²) < 4.78 is 10.9. The maximum absolute atomic E-state index is 5.46. The lowest BCUT2D eigenvalue weighted by Gasteiger charge is -2.28. The first kappa shape index (κ1) is 13.4. The Morgan fingerprint density at radius 1 is 1.07 bits per heavy atom. The molecule has 0 N–H and O–H groups in total. The molecule has 14 heavy (non-hydrogen) atoms. The van der Waals surface area contributed by atoms with E-state index < -0.39 is 0 Å². The molecule has 3 nitrogen and oxygen atoms in total. The van der Waals surface area contributed by atoms with Crippen molar-refractivity contribution in [2.24, 2.45) is 0 Å². The van der Waals surface area contributed by atoms with Crippen LogP contribution in [-0.2, 0) is 9.47 Å². The van der Waals surface area contributed by atoms with Gasteiger partial charge in [0.2, 0.25) is 6.41 Å². The third-order valence-corrected chi connectivity index (χ3v) is 1.64. The fourth-order valence-corrected chi connectivity index (χ4v) is 1.12. The van der Waals surface area contributed by atoms with Crippen LogP contribution in [0, 0.1) is 0 Å². The van der Waals surface area contributed by atoms with Gasteiger partial charge in [-0.25, -0.2) is 4.90 Å². The first-order valence-electron chi connectivity index (χ1n) is 4.99. The van der Waals surface area contributed by atoms with Crippen LogP contribution >= 0.6 is 0 Å². The van der Waals surface area contributed by atoms with Gasteiger partial charge >= 0.3 is 0 Å². The molecule has 0 unspecified atom stereocenters. The largest absolute Gasteiger partial charge is 0.340 e. The third-order valence-electron chi connectivity index (χ3n) is 1.64. The molecule has 0 saturated carbocycles. The lowest BCUT2D eigenvalue weighted by molar-refractivity contribution is -0.214. The van der Waals surface area contributed by atoms with E-state index in [1.165, 1.54) is 0 Å². The van der Waals surface area contributed by atoms with Crippen LogP contribution in [0.25, 0.3) is 0 Å². The summed E-state index contributed by atoms with van der Waals surface area (Å²) in [5, 5.41) is 0. The molecule has 0 bridgehead atoms. The summed E-state index contributed by atoms with van der Waals surface area (Å²) in [5.41, 5.74) is 0. The molecule has 0 rings (SSSR count). The average Bonchev–Trinajstić information content (AvgIpc) is 2.17. The van der Waals surface area contributed by atoms with Crippen LogP contribution in [0.4, 0.5) is 0 Å². The Morgan fingerprint density at radius 2 is 1.50 bits per heavy atom. The fourth-order valence-electron chi connectivity index (χ4n) is 1.12. The number of nitrogens with zero attached hydrogens (tertiary/aromatic N) is 1. The van der Waals surface area contributed by atoms with Crippen molar-refractivity contribution in [3.8, 4) is 0 Å². The van der Waals surface area contributed by atoms with E-state index in [0.717, 1.165) is 13.1 Å². The normalized spacial score (nSPS) is 10.9. The Kier molecular flexibility index (Phi) is 8.53. The highest BCUT2D eigenvalue weighted by Crippen LogP contribution is 2.04. The zero-order valence-corrected chi connectivity index (χ0v) is 9.24. The van der Waals surface area contributed by atoms with Crippen molar-refractivity contribution in [2.75, 3.05) is 26.3 Å². The fraction of sp³-hybridized carbons (Fsp3) is 0.636. The number of ether oxygens (including phenoxy) is 2. The maximum atomic E-state index is 5.46. The molecule has 0 fully saturated rings. The molecule has 0 aromatic carbocycles. The standard InChI is InChI=1S/C11H21NO2/c1-5-9-12(10-6-2)11(13-7-3)14-8-4/h5-6,11H,1-2,7-10H2,3-4H3. The van der Waals surface area contributed by atoms with Crippen LogP contribution in [0.2, 0.25) is 0 Å². The van der Waals surface area contributed by atoms with E-state index in [-0.39, 0.29) is 6.41 Å². The number of hydrogen-bond donors (Lipinski definition) is 0. The minimum absolute atomic E-state index is 0.291. The van der Waals surface area contributed by atoms with Crippen molar-refractivity contribution < 1.29 is 9.47 Å². The first-order chi connectivity index (χ1) is 6.79. The Morgan fingerprint density at radius 3 is 1.79 bits per heavy atom. The van der Waals surface area contributed by atoms with Gasteiger partial charge in [-0.2, -0.15) is 0 Å². The second-order valence-corrected chi connectivity index (χ2v) is 2.75. The summed E-state index contributed by atoms with van der Waals surface area (Å²) in [6.07, 6.45) is 3.37. The van der Waals surface area contributed by atoms with E-state index >= 15 is 0 Å². The molecule has 0 heterocycles. The van der Waals surface area contributed by atoms with E-state index in [2.05, 4.69) is 13.2 Å². The maximum Gasteiger partial charge on any atom is 0.219 e. The monoisotopic (exact) mass is 199 g/mol. The van der Waals surface area contributed by atoms with Crippen LogP contribution in [0.5, 0.6) is 0 Å². The molecule has 82 valence electrons. The SMILES string of the molecule is C=CCN(CC=C)C(OCC)OCC. The van der Waals surface area contributed by atoms with Gasteiger partial charge in [-0.3, -0.25) is 0 Å². The van der Waals surface area contributed by atoms with Gasteiger partial charge in [-0.1, -0.05) is 12.2 Å². The van der Waals surface area contributed by atoms with Crippen LogP contribution in [-0.4, -0.2) is 37.6 Å². The number of rotatable bonds is 9. The molecule has 0 amide bonds. The smallest absolute Gasteiger partial charge is 0.219 e. The van der Waals surface area contributed by atoms with Crippen molar-refractivity contribution in [3.63, 3.8) is 0 Å². The molecule has 0 aliphatic rings. The Bertz CT molecular complexity index is 143. The lowest BCUT2D eigenvalue weighted by Crippen LogP contribution is -2.39. The second-order valence-electron chi connectivity index (χ2n) is 2.75. The van der Waals surface area contributed by atoms with Gasteiger partial charge in [-0.05, 0) is 13.8 Å². The Hall–Kier alpha value is -0.640. The highest BCUT2D eigenvalue weighted by atomic mass is 16.7. The van der Waals surface area contributed by atoms with Gasteiger partial charge in [0.15, 0.2) is 0 Å². The summed E-state index contributed by atoms with van der Waals surface area (Å²) in [6.45, 7) is 14.0. The van der Waals surface area contributed by atoms with Crippen LogP contribution in [0.15, 0.2) is 25.3 Å². The Labute approximate surface area is 87.0 Å². The highest BCUT2D eigenvalue weighted by Gasteiger charge is 2.15. The van der Waals surface area contributed by atoms with Gasteiger partial charge in [-0.15, -0.1) is 13.2 Å². The molecule has 0 atom stereocenters. The van der Waals surface area contributed by atoms with Crippen LogP contribution in [0.1, 0.15) is 13.8 Å². The molecule has 0 saturated heterocycles. The molecular weight excluding hydrogens is 178 g/mol. The van der Waals surface area contributed by atoms with Gasteiger partial charge in [0.05, 0.1) is 0 Å². The topological polar surface area (TPSA) is 21.7 Å². The highest BCUT2D eigenvalue weighted by molar-refractivity contribution is 4.79. The van der Waals surface area contributed by atoms with Gasteiger partial charge < -0.3 is 9.47 Å². The number of hydrogen-bond acceptors (Lipinski definition) is 3. The zero-order chi connectivity index (χ0) is 10.8. The average molecular weight is 199 g/mol. The molecule has 0 aliphatic heterocycles. The predicted octanol–water partition coefficient (Wildman–Crippen LogP) is 2.02. The van der Waals surface area contributed by atoms with E-state index in [1.807, 2.05) is 30.9 Å². The molecule has 0 spiro atoms. The van der Waals surface area contributed by atoms with E-state index in [4.69, 9.17) is 9.47 Å². The quantitative estimate of drug-likeness (QED) is 0.419. The lowest BCUT2D eigenvalue weighted by atomic mass is 10.5. The van der Waals surface area contributed by atoms with E-state index in [9.17, 15) is 0 Å². The summed E-state index contributed by atoms with van der Waals surface area (Å²) in [4.78, 5) is 2.02. The van der Waals surface area contributed by atoms with Crippen molar-refractivity contribution in [1.29, 1.82) is 0 Å². The molecular formula is C11H21NO2. The van der Waals surface area contributed by atoms with Crippen molar-refractivity contribution in [1.82, 2.24) is 4.90 Å². The second kappa shape index (κ2) is 8.94. The Balaban J connectivity index is 4.19. The van der Waals surface area contributed by atoms with Crippen molar-refractivity contribution in [2.45, 2.75) is 20.3 Å². The van der Waals surface area contributed by atoms with E-state index in [1.54, 1.807) is 0 Å². The third kappa shape index (κ3) is 5.17. The summed E-state index contributed by atoms with van der Waals surface area (Å²) >= 11 is 0. The van der Waals surface area contributed by atoms with Gasteiger partial charge in [0, 0.05) is 26.3 Å². The first-order valence-corrected chi connectivity index (χ1v) is 4.99. The molecule has 0 aromatic heterocycles.